The summed E-state index contributed by atoms with van der Waals surface area (Å²) in [6.07, 6.45) is 0.854. The lowest BCUT2D eigenvalue weighted by molar-refractivity contribution is 0.0939. The van der Waals surface area contributed by atoms with Gasteiger partial charge < -0.3 is 9.88 Å². The number of nitrogens with zero attached hydrogens (tertiary/aromatic N) is 1. The van der Waals surface area contributed by atoms with Crippen molar-refractivity contribution in [3.63, 3.8) is 0 Å². The number of nitrogens with one attached hydrogen (secondary N) is 1. The van der Waals surface area contributed by atoms with Crippen LogP contribution in [-0.2, 0) is 13.0 Å². The summed E-state index contributed by atoms with van der Waals surface area (Å²) in [5.74, 6) is 0.0613. The maximum atomic E-state index is 14.1. The van der Waals surface area contributed by atoms with Crippen LogP contribution in [0.4, 0.5) is 4.39 Å². The number of carbonyl (C=O) groups is 1. The molecule has 3 nitrogen and oxygen atoms in total. The molecule has 2 aromatic rings. The van der Waals surface area contributed by atoms with E-state index in [1.807, 2.05) is 24.5 Å². The van der Waals surface area contributed by atoms with Crippen molar-refractivity contribution in [1.82, 2.24) is 9.88 Å². The Morgan fingerprint density at radius 3 is 2.50 bits per heavy atom. The number of rotatable bonds is 6. The molecule has 0 spiro atoms. The van der Waals surface area contributed by atoms with Gasteiger partial charge >= 0.3 is 0 Å². The Morgan fingerprint density at radius 2 is 1.92 bits per heavy atom. The van der Waals surface area contributed by atoms with Crippen molar-refractivity contribution in [1.29, 1.82) is 0 Å². The van der Waals surface area contributed by atoms with Crippen LogP contribution in [0.5, 0.6) is 0 Å². The molecule has 0 saturated heterocycles. The van der Waals surface area contributed by atoms with E-state index in [4.69, 9.17) is 0 Å². The van der Waals surface area contributed by atoms with E-state index in [2.05, 4.69) is 26.1 Å². The van der Waals surface area contributed by atoms with Crippen LogP contribution in [-0.4, -0.2) is 17.0 Å². The predicted molar refractivity (Wildman–Crippen MR) is 96.0 cm³/mol. The fourth-order valence-electron chi connectivity index (χ4n) is 3.14. The highest BCUT2D eigenvalue weighted by atomic mass is 19.1. The lowest BCUT2D eigenvalue weighted by atomic mass is 10.1. The highest BCUT2D eigenvalue weighted by molar-refractivity contribution is 5.95. The summed E-state index contributed by atoms with van der Waals surface area (Å²) in [5, 5.41) is 2.99. The summed E-state index contributed by atoms with van der Waals surface area (Å²) in [6.45, 7) is 11.2. The van der Waals surface area contributed by atoms with Crippen LogP contribution in [0, 0.1) is 25.6 Å². The van der Waals surface area contributed by atoms with E-state index in [1.54, 1.807) is 12.1 Å². The molecule has 0 radical (unpaired) electrons. The molecule has 0 aliphatic carbocycles. The number of benzene rings is 1. The van der Waals surface area contributed by atoms with Gasteiger partial charge in [-0.05, 0) is 43.4 Å². The zero-order valence-corrected chi connectivity index (χ0v) is 15.2. The van der Waals surface area contributed by atoms with E-state index >= 15 is 0 Å². The van der Waals surface area contributed by atoms with Crippen molar-refractivity contribution < 1.29 is 9.18 Å². The molecular weight excluding hydrogens is 303 g/mol. The van der Waals surface area contributed by atoms with Crippen LogP contribution in [0.25, 0.3) is 0 Å². The van der Waals surface area contributed by atoms with Crippen molar-refractivity contribution in [2.45, 2.75) is 47.6 Å². The summed E-state index contributed by atoms with van der Waals surface area (Å²) in [5.41, 5.74) is 4.44. The van der Waals surface area contributed by atoms with E-state index in [1.165, 1.54) is 11.6 Å². The second-order valence-corrected chi connectivity index (χ2v) is 6.67. The molecule has 24 heavy (non-hydrogen) atoms. The van der Waals surface area contributed by atoms with E-state index in [0.717, 1.165) is 17.7 Å². The first kappa shape index (κ1) is 18.2. The Kier molecular flexibility index (Phi) is 5.81. The average molecular weight is 330 g/mol. The number of carbonyl (C=O) groups excluding carboxylic acids is 1. The molecule has 0 atom stereocenters. The third-order valence-electron chi connectivity index (χ3n) is 4.45. The topological polar surface area (TPSA) is 34.0 Å². The van der Waals surface area contributed by atoms with Crippen LogP contribution < -0.4 is 5.32 Å². The number of aromatic nitrogens is 1. The Balaban J connectivity index is 2.45. The predicted octanol–water partition coefficient (Wildman–Crippen LogP) is 4.24. The molecule has 1 heterocycles. The van der Waals surface area contributed by atoms with E-state index in [9.17, 15) is 9.18 Å². The van der Waals surface area contributed by atoms with Crippen LogP contribution in [0.1, 0.15) is 53.6 Å². The number of halogens is 1. The molecule has 0 aliphatic heterocycles. The highest BCUT2D eigenvalue weighted by Gasteiger charge is 2.22. The Hall–Kier alpha value is -2.10. The molecule has 2 rings (SSSR count). The minimum atomic E-state index is -0.241. The van der Waals surface area contributed by atoms with Crippen molar-refractivity contribution in [3.8, 4) is 0 Å². The van der Waals surface area contributed by atoms with Gasteiger partial charge in [0.05, 0.1) is 6.54 Å². The van der Waals surface area contributed by atoms with Crippen molar-refractivity contribution >= 4 is 5.91 Å². The fourth-order valence-corrected chi connectivity index (χ4v) is 3.14. The smallest absolute Gasteiger partial charge is 0.268 e. The third kappa shape index (κ3) is 3.69. The monoisotopic (exact) mass is 330 g/mol. The fraction of sp³-hybridized carbons (Fsp3) is 0.450. The Labute approximate surface area is 143 Å². The maximum absolute atomic E-state index is 14.1. The van der Waals surface area contributed by atoms with E-state index in [0.29, 0.717) is 30.3 Å². The second kappa shape index (κ2) is 7.65. The van der Waals surface area contributed by atoms with Gasteiger partial charge in [-0.15, -0.1) is 0 Å². The first-order valence-electron chi connectivity index (χ1n) is 8.56. The molecule has 0 aliphatic rings. The molecule has 0 fully saturated rings. The molecule has 1 amide bonds. The minimum Gasteiger partial charge on any atom is -0.350 e. The number of amides is 1. The van der Waals surface area contributed by atoms with Crippen LogP contribution in [0.15, 0.2) is 24.3 Å². The zero-order valence-electron chi connectivity index (χ0n) is 15.2. The van der Waals surface area contributed by atoms with Gasteiger partial charge in [-0.1, -0.05) is 39.0 Å². The van der Waals surface area contributed by atoms with E-state index in [-0.39, 0.29) is 11.7 Å². The average Bonchev–Trinajstić information content (AvgIpc) is 2.77. The highest BCUT2D eigenvalue weighted by Crippen LogP contribution is 2.24. The van der Waals surface area contributed by atoms with Crippen molar-refractivity contribution in [3.05, 3.63) is 58.2 Å². The van der Waals surface area contributed by atoms with Crippen LogP contribution in [0.2, 0.25) is 0 Å². The molecular formula is C20H27FN2O. The lowest BCUT2D eigenvalue weighted by Crippen LogP contribution is -2.30. The standard InChI is InChI=1S/C20H27FN2O/c1-6-17-14(4)19(20(24)22-11-13(2)3)23(15(17)5)12-16-9-7-8-10-18(16)21/h7-10,13H,6,11-12H2,1-5H3,(H,22,24). The quantitative estimate of drug-likeness (QED) is 0.844. The normalized spacial score (nSPS) is 11.1. The van der Waals surface area contributed by atoms with Gasteiger partial charge in [0.1, 0.15) is 11.5 Å². The van der Waals surface area contributed by atoms with Crippen LogP contribution in [0.3, 0.4) is 0 Å². The van der Waals surface area contributed by atoms with Crippen molar-refractivity contribution in [2.75, 3.05) is 6.54 Å². The zero-order chi connectivity index (χ0) is 17.9. The largest absolute Gasteiger partial charge is 0.350 e. The maximum Gasteiger partial charge on any atom is 0.268 e. The molecule has 4 heteroatoms. The van der Waals surface area contributed by atoms with Gasteiger partial charge in [-0.25, -0.2) is 4.39 Å². The van der Waals surface area contributed by atoms with Crippen LogP contribution >= 0.6 is 0 Å². The first-order valence-corrected chi connectivity index (χ1v) is 8.56. The SMILES string of the molecule is CCc1c(C)c(C(=O)NCC(C)C)n(Cc2ccccc2F)c1C. The second-order valence-electron chi connectivity index (χ2n) is 6.67. The Morgan fingerprint density at radius 1 is 1.25 bits per heavy atom. The summed E-state index contributed by atoms with van der Waals surface area (Å²) in [4.78, 5) is 12.7. The molecule has 0 unspecified atom stereocenters. The summed E-state index contributed by atoms with van der Waals surface area (Å²) in [7, 11) is 0. The number of hydrogen-bond acceptors (Lipinski definition) is 1. The lowest BCUT2D eigenvalue weighted by Gasteiger charge is -2.14. The van der Waals surface area contributed by atoms with Gasteiger partial charge in [0, 0.05) is 17.8 Å². The first-order chi connectivity index (χ1) is 11.4. The van der Waals surface area contributed by atoms with Gasteiger partial charge in [-0.2, -0.15) is 0 Å². The third-order valence-corrected chi connectivity index (χ3v) is 4.45. The molecule has 0 bridgehead atoms. The molecule has 1 N–H and O–H groups in total. The Bertz CT molecular complexity index is 731. The number of hydrogen-bond donors (Lipinski definition) is 1. The summed E-state index contributed by atoms with van der Waals surface area (Å²) >= 11 is 0. The molecule has 0 saturated carbocycles. The summed E-state index contributed by atoms with van der Waals surface area (Å²) in [6, 6.07) is 6.73. The molecule has 1 aromatic heterocycles. The van der Waals surface area contributed by atoms with Gasteiger partial charge in [0.15, 0.2) is 0 Å². The molecule has 130 valence electrons. The van der Waals surface area contributed by atoms with Gasteiger partial charge in [-0.3, -0.25) is 4.79 Å². The van der Waals surface area contributed by atoms with E-state index < -0.39 is 0 Å². The van der Waals surface area contributed by atoms with Gasteiger partial charge in [0.2, 0.25) is 0 Å². The summed E-state index contributed by atoms with van der Waals surface area (Å²) < 4.78 is 16.0. The van der Waals surface area contributed by atoms with Gasteiger partial charge in [0.25, 0.3) is 5.91 Å². The molecule has 1 aromatic carbocycles. The van der Waals surface area contributed by atoms with Crippen molar-refractivity contribution in [2.24, 2.45) is 5.92 Å². The minimum absolute atomic E-state index is 0.0830.